The fraction of sp³-hybridized carbons (Fsp3) is 0.579. The van der Waals surface area contributed by atoms with E-state index >= 15 is 0 Å². The van der Waals surface area contributed by atoms with Crippen LogP contribution in [0.1, 0.15) is 45.0 Å². The number of nitrogens with one attached hydrogen (secondary N) is 1. The predicted molar refractivity (Wildman–Crippen MR) is 106 cm³/mol. The van der Waals surface area contributed by atoms with Gasteiger partial charge in [-0.2, -0.15) is 0 Å². The highest BCUT2D eigenvalue weighted by Gasteiger charge is 2.28. The van der Waals surface area contributed by atoms with Crippen LogP contribution in [0.2, 0.25) is 0 Å². The minimum Gasteiger partial charge on any atom is -0.444 e. The van der Waals surface area contributed by atoms with Crippen LogP contribution in [0.5, 0.6) is 0 Å². The van der Waals surface area contributed by atoms with Crippen molar-refractivity contribution < 1.29 is 22.7 Å². The molecule has 0 unspecified atom stereocenters. The lowest BCUT2D eigenvalue weighted by molar-refractivity contribution is 0.0141. The number of ether oxygens (including phenoxy) is 1. The predicted octanol–water partition coefficient (Wildman–Crippen LogP) is 2.07. The van der Waals surface area contributed by atoms with E-state index in [2.05, 4.69) is 4.72 Å². The number of carbonyl (C=O) groups is 2. The van der Waals surface area contributed by atoms with Crippen molar-refractivity contribution in [1.82, 2.24) is 14.5 Å². The average Bonchev–Trinajstić information content (AvgIpc) is 2.59. The molecule has 0 radical (unpaired) electrons. The van der Waals surface area contributed by atoms with E-state index in [4.69, 9.17) is 4.74 Å². The number of sulfonamides is 1. The van der Waals surface area contributed by atoms with Gasteiger partial charge in [0.05, 0.1) is 4.90 Å². The van der Waals surface area contributed by atoms with Gasteiger partial charge in [-0.05, 0) is 52.8 Å². The molecule has 2 rings (SSSR count). The van der Waals surface area contributed by atoms with E-state index in [1.54, 1.807) is 56.6 Å². The summed E-state index contributed by atoms with van der Waals surface area (Å²) < 4.78 is 32.5. The smallest absolute Gasteiger partial charge is 0.410 e. The number of benzene rings is 1. The van der Waals surface area contributed by atoms with Gasteiger partial charge in [0.1, 0.15) is 5.60 Å². The van der Waals surface area contributed by atoms with Gasteiger partial charge in [0.25, 0.3) is 5.91 Å². The molecule has 0 bridgehead atoms. The third kappa shape index (κ3) is 5.93. The molecular weight excluding hydrogens is 382 g/mol. The Balaban J connectivity index is 2.04. The molecule has 0 aliphatic carbocycles. The Labute approximate surface area is 166 Å². The van der Waals surface area contributed by atoms with Crippen LogP contribution in [-0.2, 0) is 14.8 Å². The van der Waals surface area contributed by atoms with Gasteiger partial charge in [0, 0.05) is 37.8 Å². The monoisotopic (exact) mass is 411 g/mol. The molecule has 1 N–H and O–H groups in total. The normalized spacial score (nSPS) is 15.6. The first-order valence-electron chi connectivity index (χ1n) is 9.28. The number of hydrogen-bond donors (Lipinski definition) is 1. The standard InChI is InChI=1S/C19H29N3O5S/c1-14(2)20-28(25,26)16-8-6-7-15(13-16)17(23)21-9-11-22(12-10-21)18(24)27-19(3,4)5/h6-8,13-14,20H,9-12H2,1-5H3. The molecule has 9 heteroatoms. The summed E-state index contributed by atoms with van der Waals surface area (Å²) >= 11 is 0. The van der Waals surface area contributed by atoms with Gasteiger partial charge < -0.3 is 14.5 Å². The van der Waals surface area contributed by atoms with Gasteiger partial charge in [0.2, 0.25) is 10.0 Å². The summed E-state index contributed by atoms with van der Waals surface area (Å²) in [6.45, 7) is 10.3. The first-order valence-corrected chi connectivity index (χ1v) is 10.8. The molecule has 1 aliphatic rings. The molecule has 0 aromatic heterocycles. The van der Waals surface area contributed by atoms with E-state index in [-0.39, 0.29) is 16.8 Å². The second-order valence-electron chi connectivity index (χ2n) is 8.06. The maximum absolute atomic E-state index is 12.8. The van der Waals surface area contributed by atoms with E-state index in [1.807, 2.05) is 0 Å². The number of hydrogen-bond acceptors (Lipinski definition) is 5. The number of nitrogens with zero attached hydrogens (tertiary/aromatic N) is 2. The van der Waals surface area contributed by atoms with Gasteiger partial charge in [0.15, 0.2) is 0 Å². The molecule has 1 aliphatic heterocycles. The largest absolute Gasteiger partial charge is 0.444 e. The van der Waals surface area contributed by atoms with Gasteiger partial charge in [-0.3, -0.25) is 4.79 Å². The molecule has 1 heterocycles. The average molecular weight is 412 g/mol. The molecule has 1 saturated heterocycles. The summed E-state index contributed by atoms with van der Waals surface area (Å²) in [6.07, 6.45) is -0.396. The molecule has 1 aromatic carbocycles. The van der Waals surface area contributed by atoms with E-state index < -0.39 is 21.7 Å². The zero-order chi connectivity index (χ0) is 21.1. The minimum atomic E-state index is -3.67. The van der Waals surface area contributed by atoms with Crippen molar-refractivity contribution in [2.24, 2.45) is 0 Å². The Morgan fingerprint density at radius 3 is 2.18 bits per heavy atom. The highest BCUT2D eigenvalue weighted by molar-refractivity contribution is 7.89. The second-order valence-corrected chi connectivity index (χ2v) is 9.78. The summed E-state index contributed by atoms with van der Waals surface area (Å²) in [6, 6.07) is 5.75. The Kier molecular flexibility index (Phi) is 6.71. The quantitative estimate of drug-likeness (QED) is 0.818. The first-order chi connectivity index (χ1) is 12.9. The van der Waals surface area contributed by atoms with E-state index in [0.717, 1.165) is 0 Å². The van der Waals surface area contributed by atoms with Crippen molar-refractivity contribution in [3.8, 4) is 0 Å². The highest BCUT2D eigenvalue weighted by atomic mass is 32.2. The second kappa shape index (κ2) is 8.48. The molecule has 2 amide bonds. The number of rotatable bonds is 4. The minimum absolute atomic E-state index is 0.0550. The molecule has 156 valence electrons. The van der Waals surface area contributed by atoms with Gasteiger partial charge in [-0.25, -0.2) is 17.9 Å². The van der Waals surface area contributed by atoms with Crippen LogP contribution >= 0.6 is 0 Å². The van der Waals surface area contributed by atoms with Crippen LogP contribution in [0.3, 0.4) is 0 Å². The van der Waals surface area contributed by atoms with Crippen LogP contribution in [-0.4, -0.2) is 68.0 Å². The summed E-state index contributed by atoms with van der Waals surface area (Å²) in [5.41, 5.74) is -0.266. The third-order valence-corrected chi connectivity index (χ3v) is 5.66. The maximum Gasteiger partial charge on any atom is 0.410 e. The Morgan fingerprint density at radius 1 is 1.07 bits per heavy atom. The summed E-state index contributed by atoms with van der Waals surface area (Å²) in [7, 11) is -3.67. The molecule has 1 aromatic rings. The maximum atomic E-state index is 12.8. The molecule has 1 fully saturated rings. The molecular formula is C19H29N3O5S. The van der Waals surface area contributed by atoms with Gasteiger partial charge >= 0.3 is 6.09 Å². The van der Waals surface area contributed by atoms with Crippen molar-refractivity contribution in [2.45, 2.75) is 51.2 Å². The molecule has 0 saturated carbocycles. The molecule has 0 atom stereocenters. The van der Waals surface area contributed by atoms with Gasteiger partial charge in [-0.15, -0.1) is 0 Å². The van der Waals surface area contributed by atoms with Crippen LogP contribution in [0.25, 0.3) is 0 Å². The van der Waals surface area contributed by atoms with Crippen molar-refractivity contribution in [3.63, 3.8) is 0 Å². The van der Waals surface area contributed by atoms with Crippen molar-refractivity contribution in [1.29, 1.82) is 0 Å². The fourth-order valence-corrected chi connectivity index (χ4v) is 4.07. The Hall–Kier alpha value is -2.13. The van der Waals surface area contributed by atoms with E-state index in [1.165, 1.54) is 12.1 Å². The van der Waals surface area contributed by atoms with Crippen LogP contribution < -0.4 is 4.72 Å². The highest BCUT2D eigenvalue weighted by Crippen LogP contribution is 2.16. The SMILES string of the molecule is CC(C)NS(=O)(=O)c1cccc(C(=O)N2CCN(C(=O)OC(C)(C)C)CC2)c1. The zero-order valence-corrected chi connectivity index (χ0v) is 17.9. The topological polar surface area (TPSA) is 96.0 Å². The van der Waals surface area contributed by atoms with E-state index in [0.29, 0.717) is 31.7 Å². The molecule has 28 heavy (non-hydrogen) atoms. The fourth-order valence-electron chi connectivity index (χ4n) is 2.78. The third-order valence-electron chi connectivity index (χ3n) is 4.00. The van der Waals surface area contributed by atoms with Crippen molar-refractivity contribution in [2.75, 3.05) is 26.2 Å². The summed E-state index contributed by atoms with van der Waals surface area (Å²) in [4.78, 5) is 28.2. The first kappa shape index (κ1) is 22.2. The van der Waals surface area contributed by atoms with Crippen LogP contribution in [0, 0.1) is 0 Å². The lowest BCUT2D eigenvalue weighted by Crippen LogP contribution is -2.51. The molecule has 0 spiro atoms. The molecule has 8 nitrogen and oxygen atoms in total. The summed E-state index contributed by atoms with van der Waals surface area (Å²) in [5.74, 6) is -0.259. The number of piperazine rings is 1. The van der Waals surface area contributed by atoms with E-state index in [9.17, 15) is 18.0 Å². The number of amides is 2. The Morgan fingerprint density at radius 2 is 1.64 bits per heavy atom. The van der Waals surface area contributed by atoms with Crippen molar-refractivity contribution in [3.05, 3.63) is 29.8 Å². The number of carbonyl (C=O) groups excluding carboxylic acids is 2. The lowest BCUT2D eigenvalue weighted by atomic mass is 10.2. The van der Waals surface area contributed by atoms with Crippen LogP contribution in [0.4, 0.5) is 4.79 Å². The van der Waals surface area contributed by atoms with Crippen LogP contribution in [0.15, 0.2) is 29.2 Å². The lowest BCUT2D eigenvalue weighted by Gasteiger charge is -2.35. The zero-order valence-electron chi connectivity index (χ0n) is 17.1. The summed E-state index contributed by atoms with van der Waals surface area (Å²) in [5, 5.41) is 0. The Bertz CT molecular complexity index is 822. The van der Waals surface area contributed by atoms with Crippen molar-refractivity contribution >= 4 is 22.0 Å². The van der Waals surface area contributed by atoms with Gasteiger partial charge in [-0.1, -0.05) is 6.07 Å².